The molecule has 0 saturated carbocycles. The molecule has 0 aliphatic carbocycles. The molecule has 0 atom stereocenters. The molecule has 0 amide bonds. The molecule has 0 radical (unpaired) electrons. The fraction of sp³-hybridized carbons (Fsp3) is 0.158. The molecule has 2 aromatic rings. The van der Waals surface area contributed by atoms with Gasteiger partial charge in [0.2, 0.25) is 0 Å². The summed E-state index contributed by atoms with van der Waals surface area (Å²) in [7, 11) is 0. The van der Waals surface area contributed by atoms with Gasteiger partial charge in [-0.05, 0) is 42.7 Å². The predicted molar refractivity (Wildman–Crippen MR) is 86.6 cm³/mol. The second-order valence-corrected chi connectivity index (χ2v) is 5.12. The Kier molecular flexibility index (Phi) is 3.53. The van der Waals surface area contributed by atoms with Crippen LogP contribution in [0.15, 0.2) is 54.6 Å². The number of phenolic OH excluding ortho intramolecular Hbond substituents is 1. The van der Waals surface area contributed by atoms with Crippen molar-refractivity contribution >= 4 is 5.57 Å². The van der Waals surface area contributed by atoms with Gasteiger partial charge in [0.05, 0.1) is 5.56 Å². The molecule has 0 unspecified atom stereocenters. The van der Waals surface area contributed by atoms with Crippen molar-refractivity contribution < 1.29 is 9.84 Å². The van der Waals surface area contributed by atoms with Crippen LogP contribution in [0.25, 0.3) is 16.7 Å². The van der Waals surface area contributed by atoms with Gasteiger partial charge in [-0.3, -0.25) is 0 Å². The van der Waals surface area contributed by atoms with Crippen molar-refractivity contribution in [3.63, 3.8) is 0 Å². The summed E-state index contributed by atoms with van der Waals surface area (Å²) >= 11 is 0. The molecule has 1 N–H and O–H groups in total. The van der Waals surface area contributed by atoms with Crippen molar-refractivity contribution in [3.8, 4) is 22.6 Å². The fourth-order valence-corrected chi connectivity index (χ4v) is 2.67. The molecule has 1 aliphatic rings. The second kappa shape index (κ2) is 5.49. The molecule has 1 heterocycles. The van der Waals surface area contributed by atoms with Crippen molar-refractivity contribution in [1.29, 1.82) is 0 Å². The Morgan fingerprint density at radius 2 is 1.95 bits per heavy atom. The van der Waals surface area contributed by atoms with Crippen LogP contribution in [0.3, 0.4) is 0 Å². The maximum Gasteiger partial charge on any atom is 0.139 e. The number of ether oxygens (including phenoxy) is 1. The average Bonchev–Trinajstić information content (AvgIpc) is 2.71. The molecule has 0 spiro atoms. The number of hydrogen-bond donors (Lipinski definition) is 1. The van der Waals surface area contributed by atoms with E-state index in [1.165, 1.54) is 0 Å². The van der Waals surface area contributed by atoms with Gasteiger partial charge in [-0.25, -0.2) is 0 Å². The Labute approximate surface area is 125 Å². The second-order valence-electron chi connectivity index (χ2n) is 5.12. The summed E-state index contributed by atoms with van der Waals surface area (Å²) in [6.07, 6.45) is 6.13. The minimum absolute atomic E-state index is 0.289. The van der Waals surface area contributed by atoms with E-state index in [0.717, 1.165) is 33.6 Å². The first-order valence-electron chi connectivity index (χ1n) is 7.10. The molecule has 21 heavy (non-hydrogen) atoms. The first-order chi connectivity index (χ1) is 10.2. The molecular weight excluding hydrogens is 260 g/mol. The smallest absolute Gasteiger partial charge is 0.139 e. The van der Waals surface area contributed by atoms with Crippen LogP contribution in [0.1, 0.15) is 18.1 Å². The molecular formula is C19H18O2. The maximum absolute atomic E-state index is 10.5. The van der Waals surface area contributed by atoms with Crippen molar-refractivity contribution in [1.82, 2.24) is 0 Å². The van der Waals surface area contributed by atoms with Crippen LogP contribution in [0.4, 0.5) is 0 Å². The minimum Gasteiger partial charge on any atom is -0.507 e. The zero-order chi connectivity index (χ0) is 14.8. The molecule has 0 bridgehead atoms. The van der Waals surface area contributed by atoms with Crippen molar-refractivity contribution in [2.45, 2.75) is 13.8 Å². The Bertz CT molecular complexity index is 725. The standard InChI is InChI=1S/C19H18O2/c1-3-14-10-7-11-21-19-16(14)12-13(2)18(20)17(19)15-8-5-4-6-9-15/h3-10,12,20H,11H2,1-2H3/b14-3+. The summed E-state index contributed by atoms with van der Waals surface area (Å²) in [6.45, 7) is 4.44. The number of phenols is 1. The highest BCUT2D eigenvalue weighted by Crippen LogP contribution is 2.45. The van der Waals surface area contributed by atoms with Crippen LogP contribution in [-0.2, 0) is 0 Å². The first-order valence-corrected chi connectivity index (χ1v) is 7.10. The summed E-state index contributed by atoms with van der Waals surface area (Å²) < 4.78 is 5.91. The highest BCUT2D eigenvalue weighted by Gasteiger charge is 2.21. The minimum atomic E-state index is 0.289. The third kappa shape index (κ3) is 2.33. The fourth-order valence-electron chi connectivity index (χ4n) is 2.67. The summed E-state index contributed by atoms with van der Waals surface area (Å²) in [5.74, 6) is 1.04. The van der Waals surface area contributed by atoms with Crippen LogP contribution in [0.5, 0.6) is 11.5 Å². The lowest BCUT2D eigenvalue weighted by Crippen LogP contribution is -1.98. The molecule has 0 aromatic heterocycles. The van der Waals surface area contributed by atoms with E-state index in [-0.39, 0.29) is 5.75 Å². The van der Waals surface area contributed by atoms with E-state index in [4.69, 9.17) is 4.74 Å². The largest absolute Gasteiger partial charge is 0.507 e. The first kappa shape index (κ1) is 13.5. The number of aryl methyl sites for hydroxylation is 1. The Morgan fingerprint density at radius 3 is 2.67 bits per heavy atom. The van der Waals surface area contributed by atoms with Gasteiger partial charge in [0, 0.05) is 5.56 Å². The van der Waals surface area contributed by atoms with Gasteiger partial charge in [0.25, 0.3) is 0 Å². The van der Waals surface area contributed by atoms with Crippen LogP contribution in [0.2, 0.25) is 0 Å². The van der Waals surface area contributed by atoms with Crippen LogP contribution < -0.4 is 4.74 Å². The predicted octanol–water partition coefficient (Wildman–Crippen LogP) is 4.72. The normalized spacial score (nSPS) is 15.4. The zero-order valence-electron chi connectivity index (χ0n) is 12.3. The van der Waals surface area contributed by atoms with E-state index in [1.807, 2.05) is 56.3 Å². The molecule has 0 fully saturated rings. The summed E-state index contributed by atoms with van der Waals surface area (Å²) in [5.41, 5.74) is 4.73. The summed E-state index contributed by atoms with van der Waals surface area (Å²) in [4.78, 5) is 0. The molecule has 0 saturated heterocycles. The summed E-state index contributed by atoms with van der Waals surface area (Å²) in [5, 5.41) is 10.5. The molecule has 2 aromatic carbocycles. The third-order valence-electron chi connectivity index (χ3n) is 3.75. The number of rotatable bonds is 1. The lowest BCUT2D eigenvalue weighted by Gasteiger charge is -2.17. The van der Waals surface area contributed by atoms with E-state index >= 15 is 0 Å². The Morgan fingerprint density at radius 1 is 1.19 bits per heavy atom. The number of hydrogen-bond acceptors (Lipinski definition) is 2. The quantitative estimate of drug-likeness (QED) is 0.818. The van der Waals surface area contributed by atoms with E-state index in [2.05, 4.69) is 12.2 Å². The van der Waals surface area contributed by atoms with Crippen LogP contribution in [-0.4, -0.2) is 11.7 Å². The van der Waals surface area contributed by atoms with Crippen LogP contribution >= 0.6 is 0 Å². The molecule has 1 aliphatic heterocycles. The van der Waals surface area contributed by atoms with E-state index < -0.39 is 0 Å². The van der Waals surface area contributed by atoms with Gasteiger partial charge in [-0.15, -0.1) is 0 Å². The molecule has 2 nitrogen and oxygen atoms in total. The van der Waals surface area contributed by atoms with Gasteiger partial charge >= 0.3 is 0 Å². The third-order valence-corrected chi connectivity index (χ3v) is 3.75. The average molecular weight is 278 g/mol. The van der Waals surface area contributed by atoms with Crippen molar-refractivity contribution in [2.75, 3.05) is 6.61 Å². The lowest BCUT2D eigenvalue weighted by atomic mass is 9.93. The topological polar surface area (TPSA) is 29.5 Å². The van der Waals surface area contributed by atoms with Gasteiger partial charge < -0.3 is 9.84 Å². The van der Waals surface area contributed by atoms with E-state index in [0.29, 0.717) is 6.61 Å². The van der Waals surface area contributed by atoms with Gasteiger partial charge in [-0.1, -0.05) is 42.5 Å². The number of benzene rings is 2. The van der Waals surface area contributed by atoms with E-state index in [9.17, 15) is 5.11 Å². The number of fused-ring (bicyclic) bond motifs is 1. The highest BCUT2D eigenvalue weighted by molar-refractivity contribution is 5.88. The van der Waals surface area contributed by atoms with Gasteiger partial charge in [0.15, 0.2) is 0 Å². The highest BCUT2D eigenvalue weighted by atomic mass is 16.5. The molecule has 2 heteroatoms. The van der Waals surface area contributed by atoms with Gasteiger partial charge in [0.1, 0.15) is 18.1 Å². The number of aromatic hydroxyl groups is 1. The maximum atomic E-state index is 10.5. The number of allylic oxidation sites excluding steroid dienone is 3. The summed E-state index contributed by atoms with van der Waals surface area (Å²) in [6, 6.07) is 11.9. The zero-order valence-corrected chi connectivity index (χ0v) is 12.3. The lowest BCUT2D eigenvalue weighted by molar-refractivity contribution is 0.362. The molecule has 106 valence electrons. The molecule has 3 rings (SSSR count). The Balaban J connectivity index is 2.33. The Hall–Kier alpha value is -2.48. The van der Waals surface area contributed by atoms with Crippen molar-refractivity contribution in [2.24, 2.45) is 0 Å². The SMILES string of the molecule is C/C=C1\C=CCOc2c1cc(C)c(O)c2-c1ccccc1. The van der Waals surface area contributed by atoms with E-state index in [1.54, 1.807) is 0 Å². The van der Waals surface area contributed by atoms with Crippen LogP contribution in [0, 0.1) is 6.92 Å². The monoisotopic (exact) mass is 278 g/mol. The van der Waals surface area contributed by atoms with Crippen molar-refractivity contribution in [3.05, 3.63) is 65.8 Å². The van der Waals surface area contributed by atoms with Gasteiger partial charge in [-0.2, -0.15) is 0 Å².